The van der Waals surface area contributed by atoms with Crippen LogP contribution in [0.3, 0.4) is 0 Å². The predicted molar refractivity (Wildman–Crippen MR) is 116 cm³/mol. The van der Waals surface area contributed by atoms with Gasteiger partial charge in [-0.1, -0.05) is 30.3 Å². The Hall–Kier alpha value is -2.44. The van der Waals surface area contributed by atoms with Gasteiger partial charge in [-0.05, 0) is 37.5 Å². The SMILES string of the molecule is CC(C)N1CCc2nc3sc(C(=O)NCCc4ccccc4)c(N)c3cc2C1. The van der Waals surface area contributed by atoms with Gasteiger partial charge in [-0.3, -0.25) is 9.69 Å². The fourth-order valence-electron chi connectivity index (χ4n) is 3.67. The number of pyridine rings is 1. The lowest BCUT2D eigenvalue weighted by Crippen LogP contribution is -2.36. The first-order valence-corrected chi connectivity index (χ1v) is 10.6. The fraction of sp³-hybridized carbons (Fsp3) is 0.364. The van der Waals surface area contributed by atoms with Gasteiger partial charge in [0.25, 0.3) is 5.91 Å². The number of anilines is 1. The van der Waals surface area contributed by atoms with Crippen LogP contribution in [0.4, 0.5) is 5.69 Å². The quantitative estimate of drug-likeness (QED) is 0.693. The molecule has 1 amide bonds. The molecule has 5 nitrogen and oxygen atoms in total. The van der Waals surface area contributed by atoms with Crippen LogP contribution in [0, 0.1) is 0 Å². The highest BCUT2D eigenvalue weighted by Crippen LogP contribution is 2.35. The maximum absolute atomic E-state index is 12.7. The molecular weight excluding hydrogens is 368 g/mol. The van der Waals surface area contributed by atoms with E-state index < -0.39 is 0 Å². The van der Waals surface area contributed by atoms with Crippen LogP contribution < -0.4 is 11.1 Å². The second-order valence-corrected chi connectivity index (χ2v) is 8.60. The fourth-order valence-corrected chi connectivity index (χ4v) is 4.69. The second-order valence-electron chi connectivity index (χ2n) is 7.60. The average molecular weight is 395 g/mol. The van der Waals surface area contributed by atoms with Crippen molar-refractivity contribution in [2.24, 2.45) is 0 Å². The number of nitrogen functional groups attached to an aromatic ring is 1. The molecule has 0 saturated carbocycles. The van der Waals surface area contributed by atoms with Crippen molar-refractivity contribution in [1.82, 2.24) is 15.2 Å². The summed E-state index contributed by atoms with van der Waals surface area (Å²) in [6.07, 6.45) is 1.74. The van der Waals surface area contributed by atoms with Crippen LogP contribution in [-0.2, 0) is 19.4 Å². The number of carbonyl (C=O) groups excluding carboxylic acids is 1. The maximum atomic E-state index is 12.7. The van der Waals surface area contributed by atoms with Gasteiger partial charge >= 0.3 is 0 Å². The number of rotatable bonds is 5. The molecule has 3 N–H and O–H groups in total. The summed E-state index contributed by atoms with van der Waals surface area (Å²) in [6, 6.07) is 12.8. The third kappa shape index (κ3) is 3.75. The van der Waals surface area contributed by atoms with E-state index in [1.165, 1.54) is 22.5 Å². The molecule has 1 aliphatic heterocycles. The van der Waals surface area contributed by atoms with Gasteiger partial charge < -0.3 is 11.1 Å². The van der Waals surface area contributed by atoms with Gasteiger partial charge in [0, 0.05) is 43.2 Å². The maximum Gasteiger partial charge on any atom is 0.263 e. The first-order valence-electron chi connectivity index (χ1n) is 9.80. The van der Waals surface area contributed by atoms with E-state index in [-0.39, 0.29) is 5.91 Å². The predicted octanol–water partition coefficient (Wildman–Crippen LogP) is 3.62. The molecule has 146 valence electrons. The number of benzene rings is 1. The van der Waals surface area contributed by atoms with Gasteiger partial charge in [0.2, 0.25) is 0 Å². The number of hydrogen-bond donors (Lipinski definition) is 2. The molecule has 6 heteroatoms. The first-order chi connectivity index (χ1) is 13.5. The minimum Gasteiger partial charge on any atom is -0.397 e. The van der Waals surface area contributed by atoms with Crippen molar-refractivity contribution in [3.05, 3.63) is 58.1 Å². The molecular formula is C22H26N4OS. The molecule has 1 aliphatic rings. The first kappa shape index (κ1) is 18.9. The molecule has 0 aliphatic carbocycles. The lowest BCUT2D eigenvalue weighted by Gasteiger charge is -2.31. The zero-order valence-corrected chi connectivity index (χ0v) is 17.2. The number of nitrogens with zero attached hydrogens (tertiary/aromatic N) is 2. The van der Waals surface area contributed by atoms with Crippen LogP contribution in [0.1, 0.15) is 40.3 Å². The summed E-state index contributed by atoms with van der Waals surface area (Å²) in [5.74, 6) is -0.113. The smallest absolute Gasteiger partial charge is 0.263 e. The number of carbonyl (C=O) groups is 1. The van der Waals surface area contributed by atoms with E-state index in [2.05, 4.69) is 42.3 Å². The molecule has 0 atom stereocenters. The van der Waals surface area contributed by atoms with Crippen molar-refractivity contribution in [3.8, 4) is 0 Å². The molecule has 4 rings (SSSR count). The highest BCUT2D eigenvalue weighted by Gasteiger charge is 2.23. The Labute approximate surface area is 169 Å². The van der Waals surface area contributed by atoms with Gasteiger partial charge in [-0.15, -0.1) is 11.3 Å². The van der Waals surface area contributed by atoms with Crippen LogP contribution in [0.2, 0.25) is 0 Å². The van der Waals surface area contributed by atoms with Gasteiger partial charge in [-0.25, -0.2) is 4.98 Å². The second kappa shape index (κ2) is 7.89. The number of hydrogen-bond acceptors (Lipinski definition) is 5. The third-order valence-electron chi connectivity index (χ3n) is 5.38. The Morgan fingerprint density at radius 1 is 1.32 bits per heavy atom. The Morgan fingerprint density at radius 2 is 2.11 bits per heavy atom. The normalized spacial score (nSPS) is 14.4. The number of thiophene rings is 1. The van der Waals surface area contributed by atoms with E-state index in [1.54, 1.807) is 0 Å². The summed E-state index contributed by atoms with van der Waals surface area (Å²) in [4.78, 5) is 21.4. The molecule has 1 aromatic carbocycles. The lowest BCUT2D eigenvalue weighted by atomic mass is 10.0. The van der Waals surface area contributed by atoms with E-state index in [0.717, 1.165) is 41.8 Å². The van der Waals surface area contributed by atoms with Crippen molar-refractivity contribution in [3.63, 3.8) is 0 Å². The number of aromatic nitrogens is 1. The van der Waals surface area contributed by atoms with Crippen molar-refractivity contribution < 1.29 is 4.79 Å². The number of nitrogens with two attached hydrogens (primary N) is 1. The summed E-state index contributed by atoms with van der Waals surface area (Å²) in [5, 5.41) is 3.90. The molecule has 0 bridgehead atoms. The molecule has 2 aromatic heterocycles. The van der Waals surface area contributed by atoms with E-state index in [9.17, 15) is 4.79 Å². The molecule has 3 heterocycles. The number of fused-ring (bicyclic) bond motifs is 2. The molecule has 3 aromatic rings. The molecule has 0 fully saturated rings. The van der Waals surface area contributed by atoms with Crippen LogP contribution in [-0.4, -0.2) is 34.9 Å². The summed E-state index contributed by atoms with van der Waals surface area (Å²) >= 11 is 1.40. The van der Waals surface area contributed by atoms with Gasteiger partial charge in [-0.2, -0.15) is 0 Å². The van der Waals surface area contributed by atoms with Crippen molar-refractivity contribution in [2.45, 2.75) is 39.3 Å². The topological polar surface area (TPSA) is 71.2 Å². The van der Waals surface area contributed by atoms with E-state index in [4.69, 9.17) is 10.7 Å². The van der Waals surface area contributed by atoms with Gasteiger partial charge in [0.1, 0.15) is 9.71 Å². The van der Waals surface area contributed by atoms with E-state index in [1.807, 2.05) is 18.2 Å². The van der Waals surface area contributed by atoms with Crippen molar-refractivity contribution in [1.29, 1.82) is 0 Å². The Bertz CT molecular complexity index is 997. The summed E-state index contributed by atoms with van der Waals surface area (Å²) in [6.45, 7) is 6.94. The van der Waals surface area contributed by atoms with Crippen LogP contribution in [0.25, 0.3) is 10.2 Å². The van der Waals surface area contributed by atoms with Crippen LogP contribution >= 0.6 is 11.3 Å². The van der Waals surface area contributed by atoms with E-state index in [0.29, 0.717) is 23.2 Å². The Morgan fingerprint density at radius 3 is 2.86 bits per heavy atom. The summed E-state index contributed by atoms with van der Waals surface area (Å²) < 4.78 is 0. The Balaban J connectivity index is 1.52. The monoisotopic (exact) mass is 394 g/mol. The largest absolute Gasteiger partial charge is 0.397 e. The van der Waals surface area contributed by atoms with Gasteiger partial charge in [0.15, 0.2) is 0 Å². The molecule has 28 heavy (non-hydrogen) atoms. The molecule has 0 saturated heterocycles. The lowest BCUT2D eigenvalue weighted by molar-refractivity contribution is 0.0959. The molecule has 0 radical (unpaired) electrons. The Kier molecular flexibility index (Phi) is 5.33. The van der Waals surface area contributed by atoms with E-state index >= 15 is 0 Å². The third-order valence-corrected chi connectivity index (χ3v) is 6.49. The molecule has 0 spiro atoms. The zero-order chi connectivity index (χ0) is 19.7. The number of nitrogens with one attached hydrogen (secondary N) is 1. The van der Waals surface area contributed by atoms with Crippen molar-refractivity contribution >= 4 is 33.1 Å². The van der Waals surface area contributed by atoms with Crippen LogP contribution in [0.5, 0.6) is 0 Å². The highest BCUT2D eigenvalue weighted by atomic mass is 32.1. The summed E-state index contributed by atoms with van der Waals surface area (Å²) in [5.41, 5.74) is 10.5. The molecule has 0 unspecified atom stereocenters. The van der Waals surface area contributed by atoms with Gasteiger partial charge in [0.05, 0.1) is 5.69 Å². The highest BCUT2D eigenvalue weighted by molar-refractivity contribution is 7.21. The average Bonchev–Trinajstić information content (AvgIpc) is 3.02. The number of amides is 1. The van der Waals surface area contributed by atoms with Crippen LogP contribution in [0.15, 0.2) is 36.4 Å². The van der Waals surface area contributed by atoms with Crippen molar-refractivity contribution in [2.75, 3.05) is 18.8 Å². The standard InChI is InChI=1S/C22H26N4OS/c1-14(2)26-11-9-18-16(13-26)12-17-19(23)20(28-22(17)25-18)21(27)24-10-8-15-6-4-3-5-7-15/h3-7,12,14H,8-11,13,23H2,1-2H3,(H,24,27). The zero-order valence-electron chi connectivity index (χ0n) is 16.4. The minimum absolute atomic E-state index is 0.113. The minimum atomic E-state index is -0.113. The summed E-state index contributed by atoms with van der Waals surface area (Å²) in [7, 11) is 0.